The van der Waals surface area contributed by atoms with Crippen molar-refractivity contribution in [3.8, 4) is 0 Å². The molecule has 114 valence electrons. The summed E-state index contributed by atoms with van der Waals surface area (Å²) in [6, 6.07) is 1.84. The zero-order valence-electron chi connectivity index (χ0n) is 12.4. The summed E-state index contributed by atoms with van der Waals surface area (Å²) in [4.78, 5) is 3.99. The molecule has 0 bridgehead atoms. The number of aromatic nitrogens is 1. The van der Waals surface area contributed by atoms with E-state index in [1.54, 1.807) is 12.4 Å². The van der Waals surface area contributed by atoms with Crippen LogP contribution in [0.5, 0.6) is 0 Å². The number of sulfonamides is 1. The van der Waals surface area contributed by atoms with Crippen LogP contribution in [0.4, 0.5) is 0 Å². The number of rotatable bonds is 10. The fraction of sp³-hybridized carbons (Fsp3) is 0.643. The average molecular weight is 299 g/mol. The topological polar surface area (TPSA) is 71.1 Å². The summed E-state index contributed by atoms with van der Waals surface area (Å²) in [7, 11) is -3.19. The molecule has 1 aromatic rings. The van der Waals surface area contributed by atoms with Crippen molar-refractivity contribution in [1.82, 2.24) is 15.0 Å². The molecule has 0 radical (unpaired) electrons. The summed E-state index contributed by atoms with van der Waals surface area (Å²) in [5, 5.41) is 3.26. The number of pyridine rings is 1. The molecule has 1 aromatic heterocycles. The van der Waals surface area contributed by atoms with Gasteiger partial charge in [-0.3, -0.25) is 4.98 Å². The van der Waals surface area contributed by atoms with Gasteiger partial charge in [-0.2, -0.15) is 0 Å². The highest BCUT2D eigenvalue weighted by molar-refractivity contribution is 7.89. The summed E-state index contributed by atoms with van der Waals surface area (Å²) in [6.45, 7) is 6.25. The standard InChI is InChI=1S/C14H25N3O2S/c1-3-7-15-8-4-5-10-20(18,19)17-12-14-6-9-16-11-13(14)2/h6,9,11,15,17H,3-5,7-8,10,12H2,1-2H3. The average Bonchev–Trinajstić information content (AvgIpc) is 2.42. The summed E-state index contributed by atoms with van der Waals surface area (Å²) in [5.41, 5.74) is 1.96. The van der Waals surface area contributed by atoms with Gasteiger partial charge in [-0.1, -0.05) is 6.92 Å². The molecule has 0 aliphatic rings. The zero-order valence-corrected chi connectivity index (χ0v) is 13.2. The smallest absolute Gasteiger partial charge is 0.211 e. The summed E-state index contributed by atoms with van der Waals surface area (Å²) < 4.78 is 26.4. The van der Waals surface area contributed by atoms with E-state index in [1.807, 2.05) is 13.0 Å². The Hall–Kier alpha value is -0.980. The lowest BCUT2D eigenvalue weighted by atomic mass is 10.2. The van der Waals surface area contributed by atoms with Crippen molar-refractivity contribution in [3.05, 3.63) is 29.6 Å². The maximum Gasteiger partial charge on any atom is 0.211 e. The number of hydrogen-bond donors (Lipinski definition) is 2. The van der Waals surface area contributed by atoms with Gasteiger partial charge in [0.25, 0.3) is 0 Å². The molecule has 0 saturated heterocycles. The third kappa shape index (κ3) is 6.98. The summed E-state index contributed by atoms with van der Waals surface area (Å²) in [6.07, 6.45) is 6.08. The lowest BCUT2D eigenvalue weighted by Crippen LogP contribution is -2.27. The predicted octanol–water partition coefficient (Wildman–Crippen LogP) is 1.59. The SMILES string of the molecule is CCCNCCCCS(=O)(=O)NCc1ccncc1C. The molecule has 5 nitrogen and oxygen atoms in total. The van der Waals surface area contributed by atoms with E-state index in [4.69, 9.17) is 0 Å². The van der Waals surface area contributed by atoms with E-state index in [0.29, 0.717) is 13.0 Å². The van der Waals surface area contributed by atoms with Crippen molar-refractivity contribution in [2.75, 3.05) is 18.8 Å². The number of aryl methyl sites for hydroxylation is 1. The van der Waals surface area contributed by atoms with Crippen molar-refractivity contribution < 1.29 is 8.42 Å². The maximum absolute atomic E-state index is 11.9. The van der Waals surface area contributed by atoms with Gasteiger partial charge in [-0.25, -0.2) is 13.1 Å². The zero-order chi connectivity index (χ0) is 14.8. The van der Waals surface area contributed by atoms with E-state index in [0.717, 1.165) is 37.1 Å². The van der Waals surface area contributed by atoms with Gasteiger partial charge >= 0.3 is 0 Å². The molecule has 0 aliphatic heterocycles. The Morgan fingerprint density at radius 3 is 2.75 bits per heavy atom. The van der Waals surface area contributed by atoms with Crippen LogP contribution in [0.25, 0.3) is 0 Å². The molecular formula is C14H25N3O2S. The Kier molecular flexibility index (Phi) is 7.72. The quantitative estimate of drug-likeness (QED) is 0.644. The minimum absolute atomic E-state index is 0.185. The fourth-order valence-corrected chi connectivity index (χ4v) is 2.91. The highest BCUT2D eigenvalue weighted by Crippen LogP contribution is 2.05. The van der Waals surface area contributed by atoms with Gasteiger partial charge in [0, 0.05) is 18.9 Å². The Morgan fingerprint density at radius 2 is 2.05 bits per heavy atom. The fourth-order valence-electron chi connectivity index (χ4n) is 1.80. The van der Waals surface area contributed by atoms with Gasteiger partial charge in [-0.15, -0.1) is 0 Å². The molecular weight excluding hydrogens is 274 g/mol. The van der Waals surface area contributed by atoms with E-state index in [1.165, 1.54) is 0 Å². The predicted molar refractivity (Wildman–Crippen MR) is 82.0 cm³/mol. The lowest BCUT2D eigenvalue weighted by Gasteiger charge is -2.08. The normalized spacial score (nSPS) is 11.7. The number of nitrogens with zero attached hydrogens (tertiary/aromatic N) is 1. The summed E-state index contributed by atoms with van der Waals surface area (Å²) >= 11 is 0. The number of unbranched alkanes of at least 4 members (excludes halogenated alkanes) is 1. The van der Waals surface area contributed by atoms with Crippen LogP contribution in [-0.2, 0) is 16.6 Å². The highest BCUT2D eigenvalue weighted by atomic mass is 32.2. The molecule has 0 aliphatic carbocycles. The monoisotopic (exact) mass is 299 g/mol. The van der Waals surface area contributed by atoms with Crippen LogP contribution in [-0.4, -0.2) is 32.2 Å². The molecule has 1 heterocycles. The van der Waals surface area contributed by atoms with Gasteiger partial charge in [0.1, 0.15) is 0 Å². The Labute approximate surface area is 122 Å². The van der Waals surface area contributed by atoms with Gasteiger partial charge in [-0.05, 0) is 56.5 Å². The van der Waals surface area contributed by atoms with Crippen molar-refractivity contribution in [3.63, 3.8) is 0 Å². The molecule has 0 aromatic carbocycles. The Bertz CT molecular complexity index is 489. The highest BCUT2D eigenvalue weighted by Gasteiger charge is 2.10. The minimum atomic E-state index is -3.19. The lowest BCUT2D eigenvalue weighted by molar-refractivity contribution is 0.572. The van der Waals surface area contributed by atoms with Crippen molar-refractivity contribution in [2.24, 2.45) is 0 Å². The van der Waals surface area contributed by atoms with Crippen LogP contribution < -0.4 is 10.0 Å². The van der Waals surface area contributed by atoms with Gasteiger partial charge in [0.05, 0.1) is 5.75 Å². The van der Waals surface area contributed by atoms with E-state index < -0.39 is 10.0 Å². The van der Waals surface area contributed by atoms with Gasteiger partial charge in [0.15, 0.2) is 0 Å². The second-order valence-corrected chi connectivity index (χ2v) is 6.83. The second-order valence-electron chi connectivity index (χ2n) is 4.90. The van der Waals surface area contributed by atoms with Crippen LogP contribution in [0.15, 0.2) is 18.5 Å². The largest absolute Gasteiger partial charge is 0.317 e. The van der Waals surface area contributed by atoms with Gasteiger partial charge < -0.3 is 5.32 Å². The summed E-state index contributed by atoms with van der Waals surface area (Å²) in [5.74, 6) is 0.185. The molecule has 0 saturated carbocycles. The van der Waals surface area contributed by atoms with Crippen molar-refractivity contribution >= 4 is 10.0 Å². The number of hydrogen-bond acceptors (Lipinski definition) is 4. The van der Waals surface area contributed by atoms with Crippen LogP contribution in [0, 0.1) is 6.92 Å². The molecule has 0 unspecified atom stereocenters. The molecule has 6 heteroatoms. The third-order valence-corrected chi connectivity index (χ3v) is 4.47. The molecule has 1 rings (SSSR count). The molecule has 0 amide bonds. The van der Waals surface area contributed by atoms with E-state index in [-0.39, 0.29) is 5.75 Å². The first kappa shape index (κ1) is 17.1. The molecule has 20 heavy (non-hydrogen) atoms. The van der Waals surface area contributed by atoms with Crippen molar-refractivity contribution in [1.29, 1.82) is 0 Å². The van der Waals surface area contributed by atoms with Crippen LogP contribution in [0.3, 0.4) is 0 Å². The first-order valence-corrected chi connectivity index (χ1v) is 8.78. The third-order valence-electron chi connectivity index (χ3n) is 3.06. The van der Waals surface area contributed by atoms with E-state index in [2.05, 4.69) is 21.9 Å². The first-order valence-electron chi connectivity index (χ1n) is 7.12. The van der Waals surface area contributed by atoms with Gasteiger partial charge in [0.2, 0.25) is 10.0 Å². The minimum Gasteiger partial charge on any atom is -0.317 e. The Morgan fingerprint density at radius 1 is 1.25 bits per heavy atom. The molecule has 0 spiro atoms. The van der Waals surface area contributed by atoms with E-state index in [9.17, 15) is 8.42 Å². The Balaban J connectivity index is 2.26. The number of nitrogens with one attached hydrogen (secondary N) is 2. The first-order chi connectivity index (χ1) is 9.55. The van der Waals surface area contributed by atoms with Crippen LogP contribution in [0.2, 0.25) is 0 Å². The molecule has 0 fully saturated rings. The van der Waals surface area contributed by atoms with E-state index >= 15 is 0 Å². The molecule has 0 atom stereocenters. The van der Waals surface area contributed by atoms with Crippen LogP contribution >= 0.6 is 0 Å². The van der Waals surface area contributed by atoms with Crippen molar-refractivity contribution in [2.45, 2.75) is 39.7 Å². The van der Waals surface area contributed by atoms with Crippen LogP contribution in [0.1, 0.15) is 37.3 Å². The second kappa shape index (κ2) is 9.05. The maximum atomic E-state index is 11.9. The molecule has 2 N–H and O–H groups in total.